The molecular formula is C12H23FN3O5S-. The number of likely N-dealkylation sites (tertiary alicyclic amines) is 2. The van der Waals surface area contributed by atoms with Gasteiger partial charge in [0.25, 0.3) is 0 Å². The third kappa shape index (κ3) is 16.5. The summed E-state index contributed by atoms with van der Waals surface area (Å²) in [6.45, 7) is 2.54. The van der Waals surface area contributed by atoms with Gasteiger partial charge in [-0.15, -0.1) is 0 Å². The van der Waals surface area contributed by atoms with Crippen LogP contribution >= 0.6 is 0 Å². The van der Waals surface area contributed by atoms with E-state index in [4.69, 9.17) is 8.76 Å². The maximum Gasteiger partial charge on any atom is 0.209 e. The predicted molar refractivity (Wildman–Crippen MR) is 79.4 cm³/mol. The van der Waals surface area contributed by atoms with E-state index in [1.54, 1.807) is 19.0 Å². The van der Waals surface area contributed by atoms with Crippen LogP contribution in [-0.2, 0) is 25.5 Å². The molecule has 0 bridgehead atoms. The lowest BCUT2D eigenvalue weighted by atomic mass is 10.2. The van der Waals surface area contributed by atoms with Crippen LogP contribution in [0.15, 0.2) is 0 Å². The van der Waals surface area contributed by atoms with E-state index in [0.29, 0.717) is 19.5 Å². The lowest BCUT2D eigenvalue weighted by Gasteiger charge is -2.29. The molecule has 10 heteroatoms. The second-order valence-corrected chi connectivity index (χ2v) is 5.42. The first-order valence-electron chi connectivity index (χ1n) is 6.42. The third-order valence-electron chi connectivity index (χ3n) is 2.26. The van der Waals surface area contributed by atoms with Crippen molar-refractivity contribution in [1.29, 1.82) is 0 Å². The number of amides is 3. The molecule has 8 nitrogen and oxygen atoms in total. The zero-order valence-electron chi connectivity index (χ0n) is 13.0. The number of carbonyl (C=O) groups is 3. The standard InChI is InChI=1S/C4H6FNO.C4H7NO.C3H7NO.CH4O2S/c5-4-1-6(2-4)3-7;6-4-5-2-1-3-5;1-4(2)3-5;1-4(2)3/h3-4H,1-2H2;4H,1-3H2;3H,1-2H3;1H3,(H,2,3)/p-1. The molecule has 0 saturated carbocycles. The first-order valence-corrected chi connectivity index (χ1v) is 7.90. The van der Waals surface area contributed by atoms with Crippen molar-refractivity contribution < 1.29 is 27.5 Å². The zero-order chi connectivity index (χ0) is 17.5. The van der Waals surface area contributed by atoms with Crippen molar-refractivity contribution in [3.63, 3.8) is 0 Å². The summed E-state index contributed by atoms with van der Waals surface area (Å²) in [5.74, 6) is 0. The van der Waals surface area contributed by atoms with E-state index in [0.717, 1.165) is 32.2 Å². The topological polar surface area (TPSA) is 101 Å². The Hall–Kier alpha value is -1.55. The van der Waals surface area contributed by atoms with Gasteiger partial charge in [-0.25, -0.2) is 4.39 Å². The molecule has 1 unspecified atom stereocenters. The number of halogens is 1. The second kappa shape index (κ2) is 14.4. The summed E-state index contributed by atoms with van der Waals surface area (Å²) in [5.41, 5.74) is 0. The monoisotopic (exact) mass is 340 g/mol. The lowest BCUT2D eigenvalue weighted by molar-refractivity contribution is -0.124. The molecule has 3 amide bonds. The molecule has 0 aromatic rings. The van der Waals surface area contributed by atoms with Gasteiger partial charge >= 0.3 is 0 Å². The molecule has 0 aromatic heterocycles. The SMILES string of the molecule is CN(C)C=O.CS(=O)[O-].O=CN1CC(F)C1.O=CN1CCC1. The number of rotatable bonds is 3. The molecule has 2 aliphatic rings. The molecular weight excluding hydrogens is 317 g/mol. The van der Waals surface area contributed by atoms with Crippen LogP contribution in [0.1, 0.15) is 6.42 Å². The molecule has 22 heavy (non-hydrogen) atoms. The number of alkyl halides is 1. The summed E-state index contributed by atoms with van der Waals surface area (Å²) in [5, 5.41) is 0. The van der Waals surface area contributed by atoms with E-state index in [1.165, 1.54) is 16.2 Å². The maximum atomic E-state index is 11.8. The Balaban J connectivity index is 0. The van der Waals surface area contributed by atoms with Crippen molar-refractivity contribution >= 4 is 30.3 Å². The van der Waals surface area contributed by atoms with Crippen LogP contribution < -0.4 is 0 Å². The van der Waals surface area contributed by atoms with E-state index in [-0.39, 0.29) is 0 Å². The highest BCUT2D eigenvalue weighted by molar-refractivity contribution is 7.78. The average Bonchev–Trinajstić information content (AvgIpc) is 2.34. The Morgan fingerprint density at radius 1 is 1.14 bits per heavy atom. The molecule has 0 radical (unpaired) electrons. The summed E-state index contributed by atoms with van der Waals surface area (Å²) in [6.07, 6.45) is 3.82. The molecule has 2 fully saturated rings. The van der Waals surface area contributed by atoms with Gasteiger partial charge in [0, 0.05) is 27.2 Å². The fourth-order valence-electron chi connectivity index (χ4n) is 0.988. The molecule has 0 spiro atoms. The van der Waals surface area contributed by atoms with Crippen molar-refractivity contribution in [2.24, 2.45) is 0 Å². The highest BCUT2D eigenvalue weighted by Crippen LogP contribution is 2.06. The van der Waals surface area contributed by atoms with Gasteiger partial charge in [0.2, 0.25) is 19.2 Å². The molecule has 2 heterocycles. The van der Waals surface area contributed by atoms with Crippen LogP contribution in [0.4, 0.5) is 4.39 Å². The van der Waals surface area contributed by atoms with Crippen molar-refractivity contribution in [3.8, 4) is 0 Å². The van der Waals surface area contributed by atoms with Gasteiger partial charge in [0.1, 0.15) is 6.17 Å². The van der Waals surface area contributed by atoms with Crippen LogP contribution in [0.5, 0.6) is 0 Å². The minimum atomic E-state index is -1.86. The summed E-state index contributed by atoms with van der Waals surface area (Å²) in [6, 6.07) is 0. The Kier molecular flexibility index (Phi) is 14.9. The number of nitrogens with zero attached hydrogens (tertiary/aromatic N) is 3. The van der Waals surface area contributed by atoms with Crippen LogP contribution in [0.3, 0.4) is 0 Å². The summed E-state index contributed by atoms with van der Waals surface area (Å²) >= 11 is -1.86. The van der Waals surface area contributed by atoms with E-state index in [9.17, 15) is 18.8 Å². The number of carbonyl (C=O) groups excluding carboxylic acids is 3. The Morgan fingerprint density at radius 2 is 1.50 bits per heavy atom. The van der Waals surface area contributed by atoms with E-state index in [1.807, 2.05) is 0 Å². The fraction of sp³-hybridized carbons (Fsp3) is 0.750. The zero-order valence-corrected chi connectivity index (χ0v) is 13.8. The van der Waals surface area contributed by atoms with Crippen LogP contribution in [0.2, 0.25) is 0 Å². The van der Waals surface area contributed by atoms with Gasteiger partial charge < -0.3 is 19.3 Å². The van der Waals surface area contributed by atoms with Gasteiger partial charge in [-0.3, -0.25) is 18.6 Å². The van der Waals surface area contributed by atoms with Crippen LogP contribution in [0.25, 0.3) is 0 Å². The normalized spacial score (nSPS) is 16.6. The smallest absolute Gasteiger partial charge is 0.209 e. The van der Waals surface area contributed by atoms with Crippen molar-refractivity contribution in [2.45, 2.75) is 12.6 Å². The Labute approximate surface area is 132 Å². The molecule has 2 aliphatic heterocycles. The van der Waals surface area contributed by atoms with E-state index < -0.39 is 17.3 Å². The molecule has 2 rings (SSSR count). The largest absolute Gasteiger partial charge is 0.773 e. The van der Waals surface area contributed by atoms with Crippen molar-refractivity contribution in [3.05, 3.63) is 0 Å². The molecule has 1 atom stereocenters. The van der Waals surface area contributed by atoms with Gasteiger partial charge in [-0.2, -0.15) is 0 Å². The Bertz CT molecular complexity index is 333. The highest BCUT2D eigenvalue weighted by Gasteiger charge is 2.23. The Morgan fingerprint density at radius 3 is 1.55 bits per heavy atom. The van der Waals surface area contributed by atoms with Crippen LogP contribution in [0, 0.1) is 0 Å². The van der Waals surface area contributed by atoms with Crippen molar-refractivity contribution in [2.75, 3.05) is 46.5 Å². The first kappa shape index (κ1) is 22.7. The summed E-state index contributed by atoms with van der Waals surface area (Å²) in [7, 11) is 3.38. The molecule has 130 valence electrons. The lowest BCUT2D eigenvalue weighted by Crippen LogP contribution is -2.47. The van der Waals surface area contributed by atoms with Gasteiger partial charge in [0.05, 0.1) is 13.1 Å². The van der Waals surface area contributed by atoms with Gasteiger partial charge in [0.15, 0.2) is 0 Å². The fourth-order valence-corrected chi connectivity index (χ4v) is 0.988. The molecule has 0 aromatic carbocycles. The minimum absolute atomic E-state index is 0.295. The van der Waals surface area contributed by atoms with Crippen LogP contribution in [-0.4, -0.2) is 95.4 Å². The molecule has 2 saturated heterocycles. The number of hydrogen-bond donors (Lipinski definition) is 0. The maximum absolute atomic E-state index is 11.8. The highest BCUT2D eigenvalue weighted by atomic mass is 32.2. The first-order chi connectivity index (χ1) is 10.3. The average molecular weight is 340 g/mol. The quantitative estimate of drug-likeness (QED) is 0.477. The third-order valence-corrected chi connectivity index (χ3v) is 2.26. The molecule has 0 aliphatic carbocycles. The van der Waals surface area contributed by atoms with Gasteiger partial charge in [-0.1, -0.05) is 11.1 Å². The summed E-state index contributed by atoms with van der Waals surface area (Å²) < 4.78 is 29.8. The second-order valence-electron chi connectivity index (χ2n) is 4.62. The minimum Gasteiger partial charge on any atom is -0.773 e. The predicted octanol–water partition coefficient (Wildman–Crippen LogP) is -1.16. The van der Waals surface area contributed by atoms with E-state index in [2.05, 4.69) is 0 Å². The van der Waals surface area contributed by atoms with Gasteiger partial charge in [-0.05, 0) is 12.7 Å². The summed E-state index contributed by atoms with van der Waals surface area (Å²) in [4.78, 5) is 33.4. The number of hydrogen-bond acceptors (Lipinski definition) is 5. The van der Waals surface area contributed by atoms with Crippen molar-refractivity contribution in [1.82, 2.24) is 14.7 Å². The molecule has 0 N–H and O–H groups in total. The van der Waals surface area contributed by atoms with E-state index >= 15 is 0 Å².